The lowest BCUT2D eigenvalue weighted by Gasteiger charge is -2.21. The number of aliphatic hydroxyl groups is 1. The van der Waals surface area contributed by atoms with Crippen LogP contribution in [-0.4, -0.2) is 29.7 Å². The molecule has 0 radical (unpaired) electrons. The zero-order valence-corrected chi connectivity index (χ0v) is 10.6. The third-order valence-corrected chi connectivity index (χ3v) is 1.99. The largest absolute Gasteiger partial charge is 0.481 e. The van der Waals surface area contributed by atoms with Gasteiger partial charge in [-0.05, 0) is 5.56 Å². The van der Waals surface area contributed by atoms with Gasteiger partial charge in [-0.15, -0.1) is 24.8 Å². The molecule has 17 heavy (non-hydrogen) atoms. The molecular weight excluding hydrogens is 277 g/mol. The fraction of sp³-hybridized carbons (Fsp3) is 0.444. The van der Waals surface area contributed by atoms with Crippen molar-refractivity contribution in [3.63, 3.8) is 0 Å². The minimum absolute atomic E-state index is 0. The average Bonchev–Trinajstić information content (AvgIpc) is 2.28. The molecule has 1 aromatic rings. The van der Waals surface area contributed by atoms with Crippen LogP contribution in [0.5, 0.6) is 5.88 Å². The molecule has 1 heterocycles. The molecule has 1 atom stereocenters. The first-order chi connectivity index (χ1) is 7.01. The number of hydrogen-bond donors (Lipinski definition) is 2. The van der Waals surface area contributed by atoms with Gasteiger partial charge in [-0.3, -0.25) is 0 Å². The number of nitrogens with two attached hydrogens (primary N) is 1. The molecule has 0 bridgehead atoms. The van der Waals surface area contributed by atoms with E-state index in [0.717, 1.165) is 0 Å². The lowest BCUT2D eigenvalue weighted by molar-refractivity contribution is -0.0712. The number of aliphatic hydroxyl groups excluding tert-OH is 1. The third-order valence-electron chi connectivity index (χ3n) is 1.99. The number of ether oxygens (including phenoxy) is 1. The van der Waals surface area contributed by atoms with Gasteiger partial charge in [0, 0.05) is 12.3 Å². The number of alkyl halides is 2. The molecule has 0 aliphatic rings. The van der Waals surface area contributed by atoms with Crippen molar-refractivity contribution in [2.75, 3.05) is 13.7 Å². The first-order valence-electron chi connectivity index (χ1n) is 4.25. The lowest BCUT2D eigenvalue weighted by atomic mass is 10.0. The number of hydrogen-bond acceptors (Lipinski definition) is 4. The van der Waals surface area contributed by atoms with Crippen molar-refractivity contribution in [2.24, 2.45) is 5.73 Å². The fourth-order valence-corrected chi connectivity index (χ4v) is 1.04. The Labute approximate surface area is 110 Å². The highest BCUT2D eigenvalue weighted by atomic mass is 35.5. The maximum absolute atomic E-state index is 13.0. The zero-order chi connectivity index (χ0) is 11.5. The van der Waals surface area contributed by atoms with Crippen LogP contribution in [-0.2, 0) is 0 Å². The Bertz CT molecular complexity index is 325. The molecule has 0 aliphatic carbocycles. The van der Waals surface area contributed by atoms with Crippen LogP contribution >= 0.6 is 24.8 Å². The molecule has 0 spiro atoms. The second-order valence-electron chi connectivity index (χ2n) is 3.03. The Morgan fingerprint density at radius 2 is 2.06 bits per heavy atom. The molecule has 0 aromatic carbocycles. The zero-order valence-electron chi connectivity index (χ0n) is 8.97. The van der Waals surface area contributed by atoms with E-state index in [1.54, 1.807) is 0 Å². The molecule has 100 valence electrons. The van der Waals surface area contributed by atoms with E-state index in [2.05, 4.69) is 4.98 Å². The molecule has 3 N–H and O–H groups in total. The minimum atomic E-state index is -3.35. The molecule has 8 heteroatoms. The summed E-state index contributed by atoms with van der Waals surface area (Å²) in [7, 11) is 1.42. The number of halogens is 4. The smallest absolute Gasteiger partial charge is 0.289 e. The van der Waals surface area contributed by atoms with Crippen LogP contribution in [0.3, 0.4) is 0 Å². The molecule has 1 aromatic heterocycles. The van der Waals surface area contributed by atoms with Gasteiger partial charge in [0.25, 0.3) is 5.92 Å². The monoisotopic (exact) mass is 290 g/mol. The highest BCUT2D eigenvalue weighted by Gasteiger charge is 2.37. The summed E-state index contributed by atoms with van der Waals surface area (Å²) in [5.41, 5.74) is 5.43. The van der Waals surface area contributed by atoms with E-state index >= 15 is 0 Å². The van der Waals surface area contributed by atoms with Crippen LogP contribution in [0.15, 0.2) is 18.3 Å². The van der Waals surface area contributed by atoms with E-state index in [0.29, 0.717) is 5.88 Å². The van der Waals surface area contributed by atoms with Gasteiger partial charge in [-0.1, -0.05) is 6.07 Å². The van der Waals surface area contributed by atoms with Gasteiger partial charge in [0.05, 0.1) is 13.2 Å². The van der Waals surface area contributed by atoms with Crippen LogP contribution in [0.2, 0.25) is 0 Å². The van der Waals surface area contributed by atoms with Crippen molar-refractivity contribution >= 4 is 24.8 Å². The molecule has 0 aliphatic heterocycles. The van der Waals surface area contributed by atoms with Crippen LogP contribution in [0.4, 0.5) is 8.78 Å². The van der Waals surface area contributed by atoms with Gasteiger partial charge in [0.2, 0.25) is 5.88 Å². The van der Waals surface area contributed by atoms with E-state index in [4.69, 9.17) is 15.6 Å². The van der Waals surface area contributed by atoms with Crippen LogP contribution in [0.25, 0.3) is 0 Å². The summed E-state index contributed by atoms with van der Waals surface area (Å²) in [4.78, 5) is 3.75. The number of rotatable bonds is 4. The van der Waals surface area contributed by atoms with Crippen molar-refractivity contribution in [3.05, 3.63) is 23.9 Å². The molecule has 0 saturated heterocycles. The lowest BCUT2D eigenvalue weighted by Crippen LogP contribution is -2.36. The molecule has 0 fully saturated rings. The van der Waals surface area contributed by atoms with E-state index in [9.17, 15) is 8.78 Å². The van der Waals surface area contributed by atoms with Gasteiger partial charge in [-0.25, -0.2) is 13.8 Å². The summed E-state index contributed by atoms with van der Waals surface area (Å²) in [5, 5.41) is 8.45. The first kappa shape index (κ1) is 18.7. The number of nitrogens with zero attached hydrogens (tertiary/aromatic N) is 1. The second kappa shape index (κ2) is 7.60. The van der Waals surface area contributed by atoms with Crippen LogP contribution in [0.1, 0.15) is 11.6 Å². The SMILES string of the molecule is COc1ccc(C(N)C(F)(F)CO)cn1.Cl.Cl. The summed E-state index contributed by atoms with van der Waals surface area (Å²) in [6.07, 6.45) is 1.20. The summed E-state index contributed by atoms with van der Waals surface area (Å²) in [6.45, 7) is -1.29. The summed E-state index contributed by atoms with van der Waals surface area (Å²) in [5.74, 6) is -3.03. The highest BCUT2D eigenvalue weighted by Crippen LogP contribution is 2.28. The Morgan fingerprint density at radius 1 is 1.47 bits per heavy atom. The quantitative estimate of drug-likeness (QED) is 0.883. The molecule has 1 rings (SSSR count). The predicted octanol–water partition coefficient (Wildman–Crippen LogP) is 1.56. The van der Waals surface area contributed by atoms with E-state index in [1.165, 1.54) is 25.4 Å². The molecule has 4 nitrogen and oxygen atoms in total. The maximum atomic E-state index is 13.0. The Hall–Kier alpha value is -0.690. The van der Waals surface area contributed by atoms with Crippen molar-refractivity contribution < 1.29 is 18.6 Å². The fourth-order valence-electron chi connectivity index (χ4n) is 1.04. The highest BCUT2D eigenvalue weighted by molar-refractivity contribution is 5.85. The molecule has 0 amide bonds. The van der Waals surface area contributed by atoms with Crippen LogP contribution < -0.4 is 10.5 Å². The van der Waals surface area contributed by atoms with Gasteiger partial charge in [0.1, 0.15) is 6.61 Å². The summed E-state index contributed by atoms with van der Waals surface area (Å²) < 4.78 is 30.7. The standard InChI is InChI=1S/C9H12F2N2O2.2ClH/c1-15-7-3-2-6(4-13-7)8(12)9(10,11)5-14;;/h2-4,8,14H,5,12H2,1H3;2*1H. The average molecular weight is 291 g/mol. The Balaban J connectivity index is 0. The normalized spacial score (nSPS) is 12.1. The number of aromatic nitrogens is 1. The first-order valence-corrected chi connectivity index (χ1v) is 4.25. The van der Waals surface area contributed by atoms with Crippen LogP contribution in [0, 0.1) is 0 Å². The maximum Gasteiger partial charge on any atom is 0.289 e. The van der Waals surface area contributed by atoms with Gasteiger partial charge >= 0.3 is 0 Å². The topological polar surface area (TPSA) is 68.4 Å². The number of pyridine rings is 1. The molecule has 1 unspecified atom stereocenters. The minimum Gasteiger partial charge on any atom is -0.481 e. The van der Waals surface area contributed by atoms with E-state index in [1.807, 2.05) is 0 Å². The van der Waals surface area contributed by atoms with Gasteiger partial charge in [-0.2, -0.15) is 0 Å². The third kappa shape index (κ3) is 4.59. The van der Waals surface area contributed by atoms with Crippen molar-refractivity contribution in [1.29, 1.82) is 0 Å². The van der Waals surface area contributed by atoms with Crippen molar-refractivity contribution in [2.45, 2.75) is 12.0 Å². The summed E-state index contributed by atoms with van der Waals surface area (Å²) in [6, 6.07) is 1.25. The number of methoxy groups -OCH3 is 1. The Kier molecular flexibility index (Phi) is 8.35. The summed E-state index contributed by atoms with van der Waals surface area (Å²) >= 11 is 0. The predicted molar refractivity (Wildman–Crippen MR) is 64.2 cm³/mol. The van der Waals surface area contributed by atoms with Crippen molar-refractivity contribution in [1.82, 2.24) is 4.98 Å². The van der Waals surface area contributed by atoms with E-state index < -0.39 is 18.6 Å². The second-order valence-corrected chi connectivity index (χ2v) is 3.03. The molecule has 0 saturated carbocycles. The van der Waals surface area contributed by atoms with Gasteiger partial charge < -0.3 is 15.6 Å². The van der Waals surface area contributed by atoms with Crippen molar-refractivity contribution in [3.8, 4) is 5.88 Å². The molecular formula is C9H14Cl2F2N2O2. The van der Waals surface area contributed by atoms with Gasteiger partial charge in [0.15, 0.2) is 0 Å². The van der Waals surface area contributed by atoms with E-state index in [-0.39, 0.29) is 30.4 Å². The Morgan fingerprint density at radius 3 is 2.41 bits per heavy atom.